The molecule has 23 heavy (non-hydrogen) atoms. The van der Waals surface area contributed by atoms with Crippen LogP contribution in [0.15, 0.2) is 42.0 Å². The molecule has 0 aliphatic rings. The van der Waals surface area contributed by atoms with E-state index >= 15 is 0 Å². The van der Waals surface area contributed by atoms with Gasteiger partial charge in [-0.1, -0.05) is 18.2 Å². The Morgan fingerprint density at radius 3 is 2.43 bits per heavy atom. The molecule has 7 heteroatoms. The van der Waals surface area contributed by atoms with Gasteiger partial charge in [-0.2, -0.15) is 0 Å². The fraction of sp³-hybridized carbons (Fsp3) is 0.312. The van der Waals surface area contributed by atoms with Gasteiger partial charge >= 0.3 is 17.9 Å². The fourth-order valence-corrected chi connectivity index (χ4v) is 1.58. The lowest BCUT2D eigenvalue weighted by Crippen LogP contribution is -2.26. The highest BCUT2D eigenvalue weighted by atomic mass is 16.6. The zero-order valence-electron chi connectivity index (χ0n) is 12.9. The highest BCUT2D eigenvalue weighted by Gasteiger charge is 2.18. The summed E-state index contributed by atoms with van der Waals surface area (Å²) in [5.41, 5.74) is -0.0563. The lowest BCUT2D eigenvalue weighted by molar-refractivity contribution is -0.147. The average molecular weight is 322 g/mol. The van der Waals surface area contributed by atoms with Gasteiger partial charge in [0.1, 0.15) is 18.5 Å². The van der Waals surface area contributed by atoms with E-state index < -0.39 is 24.0 Å². The van der Waals surface area contributed by atoms with E-state index in [9.17, 15) is 14.4 Å². The number of rotatable bonds is 8. The first kappa shape index (κ1) is 18.4. The van der Waals surface area contributed by atoms with Gasteiger partial charge in [-0.15, -0.1) is 0 Å². The van der Waals surface area contributed by atoms with Gasteiger partial charge in [0.2, 0.25) is 0 Å². The highest BCUT2D eigenvalue weighted by molar-refractivity contribution is 5.95. The third-order valence-corrected chi connectivity index (χ3v) is 2.76. The number of hydrogen-bond donors (Lipinski definition) is 1. The van der Waals surface area contributed by atoms with Crippen LogP contribution in [0.3, 0.4) is 0 Å². The van der Waals surface area contributed by atoms with Gasteiger partial charge < -0.3 is 19.3 Å². The highest BCUT2D eigenvalue weighted by Crippen LogP contribution is 2.11. The number of carboxylic acid groups (broad SMARTS) is 1. The number of ether oxygens (including phenoxy) is 3. The number of aliphatic carboxylic acids is 1. The monoisotopic (exact) mass is 322 g/mol. The lowest BCUT2D eigenvalue weighted by atomic mass is 10.2. The number of para-hydroxylation sites is 1. The van der Waals surface area contributed by atoms with Crippen molar-refractivity contribution in [1.82, 2.24) is 0 Å². The standard InChI is InChI=1S/C16H18O7/c1-11(8-14(17)18)16(20)22-10-13(21-2)9-15(19)23-12-6-4-3-5-7-12/h3-8,13H,9-10H2,1-2H3,(H,17,18)/b11-8+. The second-order valence-electron chi connectivity index (χ2n) is 4.61. The molecule has 7 nitrogen and oxygen atoms in total. The van der Waals surface area contributed by atoms with Crippen LogP contribution in [0.1, 0.15) is 13.3 Å². The van der Waals surface area contributed by atoms with Crippen LogP contribution >= 0.6 is 0 Å². The minimum absolute atomic E-state index is 0.0563. The maximum absolute atomic E-state index is 11.8. The van der Waals surface area contributed by atoms with E-state index in [2.05, 4.69) is 0 Å². The van der Waals surface area contributed by atoms with E-state index in [0.29, 0.717) is 5.75 Å². The first-order valence-corrected chi connectivity index (χ1v) is 6.79. The maximum Gasteiger partial charge on any atom is 0.334 e. The largest absolute Gasteiger partial charge is 0.478 e. The van der Waals surface area contributed by atoms with Crippen molar-refractivity contribution in [3.8, 4) is 5.75 Å². The molecule has 0 bridgehead atoms. The molecule has 0 aliphatic heterocycles. The molecule has 0 amide bonds. The molecule has 124 valence electrons. The van der Waals surface area contributed by atoms with Crippen molar-refractivity contribution in [2.45, 2.75) is 19.4 Å². The van der Waals surface area contributed by atoms with E-state index in [4.69, 9.17) is 19.3 Å². The molecule has 0 saturated carbocycles. The molecule has 0 aliphatic carbocycles. The predicted octanol–water partition coefficient (Wildman–Crippen LogP) is 1.57. The van der Waals surface area contributed by atoms with Crippen molar-refractivity contribution in [3.63, 3.8) is 0 Å². The first-order chi connectivity index (χ1) is 10.9. The summed E-state index contributed by atoms with van der Waals surface area (Å²) in [7, 11) is 1.37. The molecule has 0 spiro atoms. The van der Waals surface area contributed by atoms with Crippen molar-refractivity contribution in [2.75, 3.05) is 13.7 Å². The molecule has 0 radical (unpaired) electrons. The summed E-state index contributed by atoms with van der Waals surface area (Å²) in [6.45, 7) is 1.13. The van der Waals surface area contributed by atoms with Gasteiger partial charge in [-0.25, -0.2) is 9.59 Å². The predicted molar refractivity (Wildman–Crippen MR) is 79.8 cm³/mol. The third-order valence-electron chi connectivity index (χ3n) is 2.76. The number of carbonyl (C=O) groups is 3. The van der Waals surface area contributed by atoms with Crippen LogP contribution < -0.4 is 4.74 Å². The summed E-state index contributed by atoms with van der Waals surface area (Å²) in [5, 5.41) is 8.55. The topological polar surface area (TPSA) is 99.1 Å². The summed E-state index contributed by atoms with van der Waals surface area (Å²) in [6, 6.07) is 8.53. The van der Waals surface area contributed by atoms with E-state index in [1.165, 1.54) is 14.0 Å². The van der Waals surface area contributed by atoms with E-state index in [1.54, 1.807) is 30.3 Å². The molecule has 0 heterocycles. The van der Waals surface area contributed by atoms with Crippen LogP contribution in [-0.2, 0) is 23.9 Å². The van der Waals surface area contributed by atoms with Crippen LogP contribution in [0, 0.1) is 0 Å². The Hall–Kier alpha value is -2.67. The van der Waals surface area contributed by atoms with E-state index in [1.807, 2.05) is 0 Å². The third kappa shape index (κ3) is 7.23. The number of esters is 2. The minimum Gasteiger partial charge on any atom is -0.478 e. The normalized spacial score (nSPS) is 12.3. The van der Waals surface area contributed by atoms with Crippen molar-refractivity contribution < 1.29 is 33.7 Å². The summed E-state index contributed by atoms with van der Waals surface area (Å²) in [4.78, 5) is 33.8. The zero-order chi connectivity index (χ0) is 17.2. The summed E-state index contributed by atoms with van der Waals surface area (Å²) in [6.07, 6.45) is -0.0541. The first-order valence-electron chi connectivity index (χ1n) is 6.79. The maximum atomic E-state index is 11.8. The number of carboxylic acids is 1. The van der Waals surface area contributed by atoms with Crippen LogP contribution in [0.4, 0.5) is 0 Å². The molecular formula is C16H18O7. The number of benzene rings is 1. The molecule has 0 saturated heterocycles. The molecule has 1 atom stereocenters. The van der Waals surface area contributed by atoms with Crippen LogP contribution in [0.2, 0.25) is 0 Å². The summed E-state index contributed by atoms with van der Waals surface area (Å²) in [5.74, 6) is -2.15. The van der Waals surface area contributed by atoms with Crippen LogP contribution in [-0.4, -0.2) is 42.8 Å². The van der Waals surface area contributed by atoms with Crippen LogP contribution in [0.25, 0.3) is 0 Å². The molecule has 0 aromatic heterocycles. The van der Waals surface area contributed by atoms with Crippen molar-refractivity contribution >= 4 is 17.9 Å². The van der Waals surface area contributed by atoms with Gasteiger partial charge in [0.15, 0.2) is 0 Å². The van der Waals surface area contributed by atoms with Gasteiger partial charge in [0.05, 0.1) is 6.42 Å². The molecule has 1 rings (SSSR count). The SMILES string of the molecule is COC(COC(=O)/C(C)=C/C(=O)O)CC(=O)Oc1ccccc1. The van der Waals surface area contributed by atoms with Gasteiger partial charge in [0, 0.05) is 18.8 Å². The quantitative estimate of drug-likeness (QED) is 0.440. The Morgan fingerprint density at radius 2 is 1.87 bits per heavy atom. The second-order valence-corrected chi connectivity index (χ2v) is 4.61. The van der Waals surface area contributed by atoms with Crippen molar-refractivity contribution in [1.29, 1.82) is 0 Å². The average Bonchev–Trinajstić information content (AvgIpc) is 2.51. The fourth-order valence-electron chi connectivity index (χ4n) is 1.58. The Kier molecular flexibility index (Phi) is 7.49. The van der Waals surface area contributed by atoms with Gasteiger partial charge in [-0.3, -0.25) is 4.79 Å². The Labute approximate surface area is 133 Å². The van der Waals surface area contributed by atoms with E-state index in [0.717, 1.165) is 6.08 Å². The zero-order valence-corrected chi connectivity index (χ0v) is 12.9. The molecular weight excluding hydrogens is 304 g/mol. The Morgan fingerprint density at radius 1 is 1.22 bits per heavy atom. The summed E-state index contributed by atoms with van der Waals surface area (Å²) < 4.78 is 15.1. The molecule has 1 unspecified atom stereocenters. The lowest BCUT2D eigenvalue weighted by Gasteiger charge is -2.15. The Balaban J connectivity index is 2.46. The Bertz CT molecular complexity index is 577. The minimum atomic E-state index is -1.24. The van der Waals surface area contributed by atoms with Crippen LogP contribution in [0.5, 0.6) is 5.75 Å². The number of carbonyl (C=O) groups excluding carboxylic acids is 2. The smallest absolute Gasteiger partial charge is 0.334 e. The number of methoxy groups -OCH3 is 1. The summed E-state index contributed by atoms with van der Waals surface area (Å²) >= 11 is 0. The molecule has 0 fully saturated rings. The molecule has 1 N–H and O–H groups in total. The number of hydrogen-bond acceptors (Lipinski definition) is 6. The molecule has 1 aromatic rings. The van der Waals surface area contributed by atoms with Gasteiger partial charge in [0.25, 0.3) is 0 Å². The van der Waals surface area contributed by atoms with Crippen molar-refractivity contribution in [3.05, 3.63) is 42.0 Å². The second kappa shape index (κ2) is 9.37. The van der Waals surface area contributed by atoms with E-state index in [-0.39, 0.29) is 18.6 Å². The van der Waals surface area contributed by atoms with Gasteiger partial charge in [-0.05, 0) is 19.1 Å². The van der Waals surface area contributed by atoms with Crippen molar-refractivity contribution in [2.24, 2.45) is 0 Å². The molecule has 1 aromatic carbocycles.